The molecule has 4 rings (SSSR count). The fourth-order valence-corrected chi connectivity index (χ4v) is 5.30. The molecule has 2 aliphatic rings. The summed E-state index contributed by atoms with van der Waals surface area (Å²) in [6.07, 6.45) is 2.47. The van der Waals surface area contributed by atoms with E-state index in [-0.39, 0.29) is 12.5 Å². The number of rotatable bonds is 4. The standard InChI is InChI=1S/C23H22BrN3O3S/c1-25(2)19-8-7-15(11-18(19)24)12-20-22(29)27(23(30)31-20)14-21(28)26-10-9-16-5-3-4-6-17(16)13-26/h3-8,11-12H,9-10,13-14H2,1-2H3/b20-12-. The summed E-state index contributed by atoms with van der Waals surface area (Å²) in [7, 11) is 3.89. The fraction of sp³-hybridized carbons (Fsp3) is 0.261. The van der Waals surface area contributed by atoms with Crippen LogP contribution in [0.25, 0.3) is 6.08 Å². The topological polar surface area (TPSA) is 60.9 Å². The predicted octanol–water partition coefficient (Wildman–Crippen LogP) is 4.14. The third-order valence-corrected chi connectivity index (χ3v) is 6.94. The number of halogens is 1. The molecule has 0 atom stereocenters. The normalized spacial score (nSPS) is 17.3. The van der Waals surface area contributed by atoms with Crippen molar-refractivity contribution in [2.45, 2.75) is 13.0 Å². The van der Waals surface area contributed by atoms with Crippen LogP contribution in [0.2, 0.25) is 0 Å². The van der Waals surface area contributed by atoms with Gasteiger partial charge in [0.2, 0.25) is 5.91 Å². The quantitative estimate of drug-likeness (QED) is 0.591. The molecule has 2 heterocycles. The number of imide groups is 1. The van der Waals surface area contributed by atoms with Crippen LogP contribution in [0.5, 0.6) is 0 Å². The molecule has 3 amide bonds. The molecule has 6 nitrogen and oxygen atoms in total. The number of fused-ring (bicyclic) bond motifs is 1. The Kier molecular flexibility index (Phi) is 6.20. The van der Waals surface area contributed by atoms with E-state index >= 15 is 0 Å². The Morgan fingerprint density at radius 1 is 1.16 bits per heavy atom. The molecule has 0 aliphatic carbocycles. The second kappa shape index (κ2) is 8.88. The van der Waals surface area contributed by atoms with Gasteiger partial charge in [-0.2, -0.15) is 0 Å². The van der Waals surface area contributed by atoms with Gasteiger partial charge < -0.3 is 9.80 Å². The summed E-state index contributed by atoms with van der Waals surface area (Å²) < 4.78 is 0.894. The van der Waals surface area contributed by atoms with Gasteiger partial charge in [0.1, 0.15) is 6.54 Å². The van der Waals surface area contributed by atoms with E-state index in [0.717, 1.165) is 44.4 Å². The molecule has 1 saturated heterocycles. The number of anilines is 1. The maximum absolute atomic E-state index is 12.8. The highest BCUT2D eigenvalue weighted by Crippen LogP contribution is 2.34. The molecule has 0 saturated carbocycles. The van der Waals surface area contributed by atoms with E-state index in [1.54, 1.807) is 11.0 Å². The van der Waals surface area contributed by atoms with Gasteiger partial charge in [0, 0.05) is 31.7 Å². The van der Waals surface area contributed by atoms with Crippen LogP contribution in [0.4, 0.5) is 10.5 Å². The van der Waals surface area contributed by atoms with Crippen molar-refractivity contribution in [3.05, 3.63) is 68.5 Å². The van der Waals surface area contributed by atoms with Crippen molar-refractivity contribution >= 4 is 56.5 Å². The van der Waals surface area contributed by atoms with Crippen LogP contribution in [0.3, 0.4) is 0 Å². The van der Waals surface area contributed by atoms with Gasteiger partial charge in [-0.1, -0.05) is 30.3 Å². The van der Waals surface area contributed by atoms with E-state index in [0.29, 0.717) is 18.0 Å². The third-order valence-electron chi connectivity index (χ3n) is 5.40. The van der Waals surface area contributed by atoms with Crippen molar-refractivity contribution in [2.24, 2.45) is 0 Å². The average Bonchev–Trinajstić information content (AvgIpc) is 3.00. The number of carbonyl (C=O) groups excluding carboxylic acids is 3. The van der Waals surface area contributed by atoms with E-state index in [9.17, 15) is 14.4 Å². The number of benzene rings is 2. The van der Waals surface area contributed by atoms with Crippen molar-refractivity contribution in [3.63, 3.8) is 0 Å². The molecule has 0 radical (unpaired) electrons. The Balaban J connectivity index is 1.46. The first kappa shape index (κ1) is 21.6. The molecule has 2 aromatic rings. The largest absolute Gasteiger partial charge is 0.377 e. The number of carbonyl (C=O) groups is 3. The molecule has 2 aromatic carbocycles. The molecule has 8 heteroatoms. The predicted molar refractivity (Wildman–Crippen MR) is 127 cm³/mol. The van der Waals surface area contributed by atoms with E-state index in [2.05, 4.69) is 22.0 Å². The number of hydrogen-bond donors (Lipinski definition) is 0. The van der Waals surface area contributed by atoms with Crippen LogP contribution < -0.4 is 4.90 Å². The van der Waals surface area contributed by atoms with Crippen LogP contribution >= 0.6 is 27.7 Å². The number of thioether (sulfide) groups is 1. The molecule has 0 N–H and O–H groups in total. The first-order valence-electron chi connectivity index (χ1n) is 9.90. The number of amides is 3. The van der Waals surface area contributed by atoms with Crippen molar-refractivity contribution in [2.75, 3.05) is 32.1 Å². The summed E-state index contributed by atoms with van der Waals surface area (Å²) in [5.41, 5.74) is 4.18. The second-order valence-electron chi connectivity index (χ2n) is 7.71. The maximum Gasteiger partial charge on any atom is 0.294 e. The smallest absolute Gasteiger partial charge is 0.294 e. The van der Waals surface area contributed by atoms with Crippen molar-refractivity contribution in [1.82, 2.24) is 9.80 Å². The monoisotopic (exact) mass is 499 g/mol. The first-order chi connectivity index (χ1) is 14.8. The van der Waals surface area contributed by atoms with E-state index in [1.165, 1.54) is 5.56 Å². The maximum atomic E-state index is 12.8. The van der Waals surface area contributed by atoms with Gasteiger partial charge in [0.05, 0.1) is 10.6 Å². The van der Waals surface area contributed by atoms with Gasteiger partial charge in [-0.25, -0.2) is 0 Å². The summed E-state index contributed by atoms with van der Waals surface area (Å²) in [5, 5.41) is -0.411. The Hall–Kier alpha value is -2.58. The van der Waals surface area contributed by atoms with Crippen LogP contribution in [-0.4, -0.2) is 54.0 Å². The Labute approximate surface area is 194 Å². The van der Waals surface area contributed by atoms with Crippen LogP contribution in [0.1, 0.15) is 16.7 Å². The molecule has 160 valence electrons. The van der Waals surface area contributed by atoms with Crippen molar-refractivity contribution in [3.8, 4) is 0 Å². The highest BCUT2D eigenvalue weighted by atomic mass is 79.9. The molecule has 0 aromatic heterocycles. The summed E-state index contributed by atoms with van der Waals surface area (Å²) in [4.78, 5) is 43.1. The van der Waals surface area contributed by atoms with Gasteiger partial charge in [-0.3, -0.25) is 19.3 Å². The molecule has 0 spiro atoms. The zero-order valence-electron chi connectivity index (χ0n) is 17.3. The molecule has 31 heavy (non-hydrogen) atoms. The Morgan fingerprint density at radius 3 is 2.61 bits per heavy atom. The van der Waals surface area contributed by atoms with Crippen LogP contribution in [0, 0.1) is 0 Å². The Morgan fingerprint density at radius 2 is 1.90 bits per heavy atom. The summed E-state index contributed by atoms with van der Waals surface area (Å²) >= 11 is 4.41. The molecule has 0 unspecified atom stereocenters. The van der Waals surface area contributed by atoms with Crippen molar-refractivity contribution < 1.29 is 14.4 Å². The number of hydrogen-bond acceptors (Lipinski definition) is 5. The lowest BCUT2D eigenvalue weighted by Crippen LogP contribution is -2.44. The van der Waals surface area contributed by atoms with E-state index < -0.39 is 11.1 Å². The number of nitrogens with zero attached hydrogens (tertiary/aromatic N) is 3. The van der Waals surface area contributed by atoms with Crippen LogP contribution in [0.15, 0.2) is 51.8 Å². The van der Waals surface area contributed by atoms with Gasteiger partial charge >= 0.3 is 0 Å². The molecule has 2 aliphatic heterocycles. The second-order valence-corrected chi connectivity index (χ2v) is 9.55. The van der Waals surface area contributed by atoms with Crippen LogP contribution in [-0.2, 0) is 22.6 Å². The van der Waals surface area contributed by atoms with Gasteiger partial charge in [-0.05, 0) is 69.0 Å². The first-order valence-corrected chi connectivity index (χ1v) is 11.5. The minimum Gasteiger partial charge on any atom is -0.377 e. The molecular weight excluding hydrogens is 478 g/mol. The van der Waals surface area contributed by atoms with E-state index in [4.69, 9.17) is 0 Å². The van der Waals surface area contributed by atoms with Crippen molar-refractivity contribution in [1.29, 1.82) is 0 Å². The molecular formula is C23H22BrN3O3S. The lowest BCUT2D eigenvalue weighted by Gasteiger charge is -2.29. The van der Waals surface area contributed by atoms with Gasteiger partial charge in [0.25, 0.3) is 11.1 Å². The lowest BCUT2D eigenvalue weighted by molar-refractivity contribution is -0.136. The van der Waals surface area contributed by atoms with E-state index in [1.807, 2.05) is 55.4 Å². The highest BCUT2D eigenvalue weighted by Gasteiger charge is 2.37. The fourth-order valence-electron chi connectivity index (χ4n) is 3.71. The van der Waals surface area contributed by atoms with Gasteiger partial charge in [0.15, 0.2) is 0 Å². The minimum absolute atomic E-state index is 0.212. The Bertz CT molecular complexity index is 1100. The third kappa shape index (κ3) is 4.55. The molecule has 0 bridgehead atoms. The minimum atomic E-state index is -0.423. The zero-order valence-corrected chi connectivity index (χ0v) is 19.7. The zero-order chi connectivity index (χ0) is 22.1. The summed E-state index contributed by atoms with van der Waals surface area (Å²) in [6, 6.07) is 13.8. The lowest BCUT2D eigenvalue weighted by atomic mass is 10.00. The average molecular weight is 500 g/mol. The SMILES string of the molecule is CN(C)c1ccc(/C=C2\SC(=O)N(CC(=O)N3CCc4ccccc4C3)C2=O)cc1Br. The molecule has 1 fully saturated rings. The summed E-state index contributed by atoms with van der Waals surface area (Å²) in [5.74, 6) is -0.635. The van der Waals surface area contributed by atoms with Gasteiger partial charge in [-0.15, -0.1) is 0 Å². The summed E-state index contributed by atoms with van der Waals surface area (Å²) in [6.45, 7) is 0.870. The highest BCUT2D eigenvalue weighted by molar-refractivity contribution is 9.10.